The molecule has 0 amide bonds. The van der Waals surface area contributed by atoms with Crippen LogP contribution in [0.4, 0.5) is 4.39 Å². The highest BCUT2D eigenvalue weighted by Crippen LogP contribution is 2.23. The molecule has 0 heterocycles. The predicted molar refractivity (Wildman–Crippen MR) is 81.0 cm³/mol. The van der Waals surface area contributed by atoms with Crippen molar-refractivity contribution in [1.29, 1.82) is 0 Å². The highest BCUT2D eigenvalue weighted by Gasteiger charge is 2.13. The monoisotopic (exact) mass is 384 g/mol. The van der Waals surface area contributed by atoms with Crippen LogP contribution in [-0.2, 0) is 6.42 Å². The molecule has 0 bridgehead atoms. The van der Waals surface area contributed by atoms with Gasteiger partial charge in [0.25, 0.3) is 0 Å². The highest BCUT2D eigenvalue weighted by atomic mass is 79.9. The summed E-state index contributed by atoms with van der Waals surface area (Å²) in [5.74, 6) is -0.379. The van der Waals surface area contributed by atoms with E-state index >= 15 is 0 Å². The molecule has 98 valence electrons. The van der Waals surface area contributed by atoms with Gasteiger partial charge in [0.1, 0.15) is 5.82 Å². The maximum absolute atomic E-state index is 13.2. The molecule has 2 rings (SSSR count). The summed E-state index contributed by atoms with van der Waals surface area (Å²) in [5.41, 5.74) is 2.29. The minimum absolute atomic E-state index is 0.0399. The van der Waals surface area contributed by atoms with E-state index in [1.54, 1.807) is 6.07 Å². The molecule has 0 aliphatic carbocycles. The SMILES string of the molecule is Cc1ccc(Br)c(C(=O)Cc2cc(F)ccc2Br)c1. The average Bonchev–Trinajstić information content (AvgIpc) is 2.36. The Morgan fingerprint density at radius 1 is 1.11 bits per heavy atom. The summed E-state index contributed by atoms with van der Waals surface area (Å²) < 4.78 is 14.7. The van der Waals surface area contributed by atoms with E-state index in [-0.39, 0.29) is 18.0 Å². The standard InChI is InChI=1S/C15H11Br2FO/c1-9-2-4-14(17)12(6-9)15(19)8-10-7-11(18)3-5-13(10)16/h2-7H,8H2,1H3. The van der Waals surface area contributed by atoms with Crippen molar-refractivity contribution in [2.75, 3.05) is 0 Å². The van der Waals surface area contributed by atoms with Crippen molar-refractivity contribution in [3.63, 3.8) is 0 Å². The highest BCUT2D eigenvalue weighted by molar-refractivity contribution is 9.10. The molecular weight excluding hydrogens is 375 g/mol. The van der Waals surface area contributed by atoms with Gasteiger partial charge in [0, 0.05) is 20.9 Å². The third-order valence-corrected chi connectivity index (χ3v) is 4.25. The summed E-state index contributed by atoms with van der Waals surface area (Å²) >= 11 is 6.70. The van der Waals surface area contributed by atoms with Gasteiger partial charge in [-0.05, 0) is 42.8 Å². The number of hydrogen-bond donors (Lipinski definition) is 0. The Kier molecular flexibility index (Phi) is 4.53. The molecule has 0 aromatic heterocycles. The smallest absolute Gasteiger partial charge is 0.168 e. The zero-order valence-corrected chi connectivity index (χ0v) is 13.4. The molecule has 2 aromatic rings. The molecule has 0 atom stereocenters. The molecule has 0 fully saturated rings. The molecule has 19 heavy (non-hydrogen) atoms. The Bertz CT molecular complexity index is 638. The van der Waals surface area contributed by atoms with Gasteiger partial charge in [-0.25, -0.2) is 4.39 Å². The summed E-state index contributed by atoms with van der Waals surface area (Å²) in [4.78, 5) is 12.3. The fourth-order valence-corrected chi connectivity index (χ4v) is 2.65. The van der Waals surface area contributed by atoms with E-state index < -0.39 is 0 Å². The summed E-state index contributed by atoms with van der Waals surface area (Å²) in [6.07, 6.45) is 0.167. The molecule has 0 spiro atoms. The van der Waals surface area contributed by atoms with Crippen LogP contribution in [0.5, 0.6) is 0 Å². The van der Waals surface area contributed by atoms with E-state index in [2.05, 4.69) is 31.9 Å². The van der Waals surface area contributed by atoms with Gasteiger partial charge in [0.2, 0.25) is 0 Å². The van der Waals surface area contributed by atoms with E-state index in [1.807, 2.05) is 25.1 Å². The topological polar surface area (TPSA) is 17.1 Å². The van der Waals surface area contributed by atoms with Gasteiger partial charge in [-0.15, -0.1) is 0 Å². The number of aryl methyl sites for hydroxylation is 1. The first-order valence-electron chi connectivity index (χ1n) is 5.70. The lowest BCUT2D eigenvalue weighted by Crippen LogP contribution is -2.05. The van der Waals surface area contributed by atoms with Crippen LogP contribution >= 0.6 is 31.9 Å². The number of carbonyl (C=O) groups is 1. The van der Waals surface area contributed by atoms with Gasteiger partial charge in [-0.2, -0.15) is 0 Å². The van der Waals surface area contributed by atoms with Crippen LogP contribution < -0.4 is 0 Å². The molecule has 0 aliphatic rings. The predicted octanol–water partition coefficient (Wildman–Crippen LogP) is 5.08. The first-order chi connectivity index (χ1) is 8.97. The van der Waals surface area contributed by atoms with Crippen LogP contribution in [0.15, 0.2) is 45.3 Å². The number of Topliss-reactive ketones (excluding diaryl/α,β-unsaturated/α-hetero) is 1. The minimum Gasteiger partial charge on any atom is -0.294 e. The molecule has 0 saturated carbocycles. The van der Waals surface area contributed by atoms with Gasteiger partial charge in [0.15, 0.2) is 5.78 Å². The first kappa shape index (κ1) is 14.4. The summed E-state index contributed by atoms with van der Waals surface area (Å²) in [6.45, 7) is 1.93. The maximum Gasteiger partial charge on any atom is 0.168 e. The Morgan fingerprint density at radius 3 is 2.53 bits per heavy atom. The van der Waals surface area contributed by atoms with Crippen LogP contribution in [0.25, 0.3) is 0 Å². The zero-order valence-electron chi connectivity index (χ0n) is 10.2. The van der Waals surface area contributed by atoms with Crippen molar-refractivity contribution in [3.05, 3.63) is 67.9 Å². The molecule has 0 radical (unpaired) electrons. The lowest BCUT2D eigenvalue weighted by Gasteiger charge is -2.07. The van der Waals surface area contributed by atoms with Crippen molar-refractivity contribution in [1.82, 2.24) is 0 Å². The quantitative estimate of drug-likeness (QED) is 0.673. The second-order valence-corrected chi connectivity index (χ2v) is 6.03. The third-order valence-electron chi connectivity index (χ3n) is 2.78. The van der Waals surface area contributed by atoms with Crippen molar-refractivity contribution in [2.24, 2.45) is 0 Å². The van der Waals surface area contributed by atoms with E-state index in [9.17, 15) is 9.18 Å². The number of rotatable bonds is 3. The molecule has 4 heteroatoms. The molecule has 2 aromatic carbocycles. The molecule has 0 N–H and O–H groups in total. The minimum atomic E-state index is -0.339. The maximum atomic E-state index is 13.2. The average molecular weight is 386 g/mol. The Balaban J connectivity index is 2.30. The lowest BCUT2D eigenvalue weighted by atomic mass is 10.0. The number of ketones is 1. The van der Waals surface area contributed by atoms with Gasteiger partial charge < -0.3 is 0 Å². The van der Waals surface area contributed by atoms with Crippen LogP contribution in [0.1, 0.15) is 21.5 Å². The molecule has 0 aliphatic heterocycles. The number of halogens is 3. The fourth-order valence-electron chi connectivity index (χ4n) is 1.80. The Hall–Kier alpha value is -1.000. The second kappa shape index (κ2) is 5.97. The number of hydrogen-bond acceptors (Lipinski definition) is 1. The summed E-state index contributed by atoms with van der Waals surface area (Å²) in [5, 5.41) is 0. The van der Waals surface area contributed by atoms with Crippen LogP contribution in [-0.4, -0.2) is 5.78 Å². The van der Waals surface area contributed by atoms with E-state index in [0.29, 0.717) is 11.1 Å². The van der Waals surface area contributed by atoms with Gasteiger partial charge in [-0.3, -0.25) is 4.79 Å². The fraction of sp³-hybridized carbons (Fsp3) is 0.133. The van der Waals surface area contributed by atoms with Gasteiger partial charge in [-0.1, -0.05) is 43.5 Å². The molecule has 0 saturated heterocycles. The van der Waals surface area contributed by atoms with E-state index in [4.69, 9.17) is 0 Å². The van der Waals surface area contributed by atoms with Crippen molar-refractivity contribution < 1.29 is 9.18 Å². The normalized spacial score (nSPS) is 10.5. The summed E-state index contributed by atoms with van der Waals surface area (Å²) in [6, 6.07) is 9.97. The van der Waals surface area contributed by atoms with E-state index in [0.717, 1.165) is 14.5 Å². The Morgan fingerprint density at radius 2 is 1.79 bits per heavy atom. The number of carbonyl (C=O) groups excluding carboxylic acids is 1. The second-order valence-electron chi connectivity index (χ2n) is 4.32. The zero-order chi connectivity index (χ0) is 14.0. The van der Waals surface area contributed by atoms with Crippen LogP contribution in [0.3, 0.4) is 0 Å². The van der Waals surface area contributed by atoms with Crippen molar-refractivity contribution >= 4 is 37.6 Å². The van der Waals surface area contributed by atoms with E-state index in [1.165, 1.54) is 12.1 Å². The van der Waals surface area contributed by atoms with Gasteiger partial charge in [0.05, 0.1) is 0 Å². The van der Waals surface area contributed by atoms with Crippen molar-refractivity contribution in [2.45, 2.75) is 13.3 Å². The third kappa shape index (κ3) is 3.51. The first-order valence-corrected chi connectivity index (χ1v) is 7.29. The summed E-state index contributed by atoms with van der Waals surface area (Å²) in [7, 11) is 0. The van der Waals surface area contributed by atoms with Crippen LogP contribution in [0, 0.1) is 12.7 Å². The number of benzene rings is 2. The Labute approximate surface area is 128 Å². The van der Waals surface area contributed by atoms with Gasteiger partial charge >= 0.3 is 0 Å². The lowest BCUT2D eigenvalue weighted by molar-refractivity contribution is 0.0992. The largest absolute Gasteiger partial charge is 0.294 e. The molecule has 1 nitrogen and oxygen atoms in total. The van der Waals surface area contributed by atoms with Crippen molar-refractivity contribution in [3.8, 4) is 0 Å². The molecular formula is C15H11Br2FO. The molecule has 0 unspecified atom stereocenters. The van der Waals surface area contributed by atoms with Crippen LogP contribution in [0.2, 0.25) is 0 Å².